The van der Waals surface area contributed by atoms with E-state index in [1.165, 1.54) is 7.11 Å². The van der Waals surface area contributed by atoms with Gasteiger partial charge in [0.2, 0.25) is 0 Å². The number of methoxy groups -OCH3 is 2. The number of carbonyl (C=O) groups excluding carboxylic acids is 2. The number of rotatable bonds is 21. The van der Waals surface area contributed by atoms with Crippen molar-refractivity contribution >= 4 is 20.1 Å². The fourth-order valence-electron chi connectivity index (χ4n) is 4.81. The number of unbranched alkanes of at least 4 members (excludes halogenated alkanes) is 4. The molecule has 1 aliphatic carbocycles. The standard InChI is InChI=1S/C31H58O8Si/c1-9-10-12-15-24(38-23-37-21-20-35-5)18-19-25-28(39-40(7,8)31(2,3)4)22-27(33)30(25)26(32)16-13-11-14-17-29(34)36-6/h18-19,24-26,28,30,32H,9-17,20-23H2,1-8H3/t24?,25-,26?,28+,30-/m0/s1. The van der Waals surface area contributed by atoms with E-state index in [2.05, 4.69) is 52.9 Å². The Balaban J connectivity index is 3.05. The van der Waals surface area contributed by atoms with Crippen molar-refractivity contribution in [1.82, 2.24) is 0 Å². The first-order valence-corrected chi connectivity index (χ1v) is 18.1. The van der Waals surface area contributed by atoms with Gasteiger partial charge in [-0.2, -0.15) is 0 Å². The number of aliphatic hydroxyl groups excluding tert-OH is 1. The number of ketones is 1. The largest absolute Gasteiger partial charge is 0.469 e. The van der Waals surface area contributed by atoms with E-state index in [0.717, 1.165) is 38.5 Å². The van der Waals surface area contributed by atoms with Crippen LogP contribution in [0, 0.1) is 11.8 Å². The fourth-order valence-corrected chi connectivity index (χ4v) is 6.16. The molecule has 0 aromatic carbocycles. The molecule has 0 amide bonds. The van der Waals surface area contributed by atoms with Crippen LogP contribution in [0.4, 0.5) is 0 Å². The number of hydrogen-bond donors (Lipinski definition) is 1. The Bertz CT molecular complexity index is 748. The molecule has 5 atom stereocenters. The zero-order valence-corrected chi connectivity index (χ0v) is 27.5. The second-order valence-electron chi connectivity index (χ2n) is 12.5. The number of aliphatic hydroxyl groups is 1. The normalized spacial score (nSPS) is 21.7. The lowest BCUT2D eigenvalue weighted by Gasteiger charge is -2.40. The van der Waals surface area contributed by atoms with Gasteiger partial charge in [0.05, 0.1) is 44.6 Å². The van der Waals surface area contributed by atoms with Gasteiger partial charge in [0.25, 0.3) is 0 Å². The molecule has 8 nitrogen and oxygen atoms in total. The van der Waals surface area contributed by atoms with E-state index >= 15 is 0 Å². The maximum Gasteiger partial charge on any atom is 0.305 e. The molecule has 9 heteroatoms. The van der Waals surface area contributed by atoms with Crippen molar-refractivity contribution in [2.24, 2.45) is 11.8 Å². The molecule has 2 unspecified atom stereocenters. The zero-order chi connectivity index (χ0) is 30.2. The zero-order valence-electron chi connectivity index (χ0n) is 26.5. The average Bonchev–Trinajstić information content (AvgIpc) is 3.19. The monoisotopic (exact) mass is 586 g/mol. The van der Waals surface area contributed by atoms with Gasteiger partial charge >= 0.3 is 5.97 Å². The van der Waals surface area contributed by atoms with Gasteiger partial charge in [-0.3, -0.25) is 9.59 Å². The molecule has 0 aromatic heterocycles. The predicted molar refractivity (Wildman–Crippen MR) is 161 cm³/mol. The lowest BCUT2D eigenvalue weighted by Crippen LogP contribution is -2.45. The summed E-state index contributed by atoms with van der Waals surface area (Å²) in [7, 11) is 0.881. The van der Waals surface area contributed by atoms with Crippen LogP contribution in [-0.4, -0.2) is 77.7 Å². The van der Waals surface area contributed by atoms with Crippen molar-refractivity contribution in [2.75, 3.05) is 34.2 Å². The first-order valence-electron chi connectivity index (χ1n) is 15.2. The van der Waals surface area contributed by atoms with E-state index in [4.69, 9.17) is 23.4 Å². The Morgan fingerprint density at radius 3 is 2.40 bits per heavy atom. The Hall–Kier alpha value is -1.10. The molecule has 0 radical (unpaired) electrons. The molecule has 1 fully saturated rings. The number of hydrogen-bond acceptors (Lipinski definition) is 8. The molecular formula is C31H58O8Si. The minimum atomic E-state index is -2.15. The smallest absolute Gasteiger partial charge is 0.305 e. The van der Waals surface area contributed by atoms with Crippen LogP contribution in [0.1, 0.15) is 91.9 Å². The summed E-state index contributed by atoms with van der Waals surface area (Å²) in [6.07, 6.45) is 10.5. The molecule has 1 aliphatic rings. The lowest BCUT2D eigenvalue weighted by molar-refractivity contribution is -0.140. The highest BCUT2D eigenvalue weighted by molar-refractivity contribution is 6.74. The van der Waals surface area contributed by atoms with Gasteiger partial charge in [-0.25, -0.2) is 0 Å². The van der Waals surface area contributed by atoms with Crippen LogP contribution in [-0.2, 0) is 33.0 Å². The van der Waals surface area contributed by atoms with E-state index in [-0.39, 0.29) is 41.7 Å². The molecule has 40 heavy (non-hydrogen) atoms. The molecule has 0 aliphatic heterocycles. The second-order valence-corrected chi connectivity index (χ2v) is 17.3. The summed E-state index contributed by atoms with van der Waals surface area (Å²) in [4.78, 5) is 24.7. The minimum Gasteiger partial charge on any atom is -0.469 e. The summed E-state index contributed by atoms with van der Waals surface area (Å²) < 4.78 is 28.1. The quantitative estimate of drug-likeness (QED) is 0.0557. The fraction of sp³-hybridized carbons (Fsp3) is 0.871. The van der Waals surface area contributed by atoms with E-state index in [9.17, 15) is 14.7 Å². The van der Waals surface area contributed by atoms with Crippen molar-refractivity contribution in [1.29, 1.82) is 0 Å². The lowest BCUT2D eigenvalue weighted by atomic mass is 9.86. The minimum absolute atomic E-state index is 0.00595. The molecule has 0 bridgehead atoms. The van der Waals surface area contributed by atoms with Gasteiger partial charge in [-0.05, 0) is 37.4 Å². The topological polar surface area (TPSA) is 101 Å². The number of Topliss-reactive ketones (excluding diaryl/α,β-unsaturated/α-hetero) is 1. The molecule has 0 spiro atoms. The SMILES string of the molecule is CCCCCC(C=C[C@@H]1[C@@H](C(O)CCCCCC(=O)OC)C(=O)C[C@H]1O[Si](C)(C)C(C)(C)C)OCOCCOC. The third-order valence-corrected chi connectivity index (χ3v) is 12.8. The van der Waals surface area contributed by atoms with E-state index in [0.29, 0.717) is 38.9 Å². The van der Waals surface area contributed by atoms with Crippen molar-refractivity contribution in [3.63, 3.8) is 0 Å². The van der Waals surface area contributed by atoms with Gasteiger partial charge in [0.15, 0.2) is 8.32 Å². The third kappa shape index (κ3) is 13.3. The Kier molecular flexibility index (Phi) is 17.7. The van der Waals surface area contributed by atoms with E-state index in [1.807, 2.05) is 0 Å². The Morgan fingerprint density at radius 2 is 1.77 bits per heavy atom. The number of esters is 1. The molecular weight excluding hydrogens is 528 g/mol. The van der Waals surface area contributed by atoms with Crippen LogP contribution in [0.15, 0.2) is 12.2 Å². The second kappa shape index (κ2) is 19.2. The Morgan fingerprint density at radius 1 is 1.07 bits per heavy atom. The average molecular weight is 587 g/mol. The highest BCUT2D eigenvalue weighted by Crippen LogP contribution is 2.43. The van der Waals surface area contributed by atoms with Gasteiger partial charge in [0, 0.05) is 25.9 Å². The predicted octanol–water partition coefficient (Wildman–Crippen LogP) is 6.21. The van der Waals surface area contributed by atoms with Crippen molar-refractivity contribution in [3.05, 3.63) is 12.2 Å². The van der Waals surface area contributed by atoms with Crippen LogP contribution in [0.25, 0.3) is 0 Å². The van der Waals surface area contributed by atoms with Crippen LogP contribution >= 0.6 is 0 Å². The maximum absolute atomic E-state index is 13.3. The van der Waals surface area contributed by atoms with E-state index < -0.39 is 20.3 Å². The first-order chi connectivity index (χ1) is 18.9. The van der Waals surface area contributed by atoms with Gasteiger partial charge in [-0.1, -0.05) is 72.0 Å². The van der Waals surface area contributed by atoms with Crippen molar-refractivity contribution < 1.29 is 38.1 Å². The number of carbonyl (C=O) groups is 2. The molecule has 0 saturated heterocycles. The van der Waals surface area contributed by atoms with Gasteiger partial charge in [-0.15, -0.1) is 0 Å². The molecule has 0 heterocycles. The van der Waals surface area contributed by atoms with Crippen LogP contribution in [0.2, 0.25) is 18.1 Å². The van der Waals surface area contributed by atoms with Crippen LogP contribution < -0.4 is 0 Å². The third-order valence-electron chi connectivity index (χ3n) is 8.33. The maximum atomic E-state index is 13.3. The van der Waals surface area contributed by atoms with Gasteiger partial charge < -0.3 is 28.5 Å². The van der Waals surface area contributed by atoms with E-state index in [1.54, 1.807) is 7.11 Å². The van der Waals surface area contributed by atoms with Crippen molar-refractivity contribution in [3.8, 4) is 0 Å². The summed E-state index contributed by atoms with van der Waals surface area (Å²) in [5.74, 6) is -0.895. The summed E-state index contributed by atoms with van der Waals surface area (Å²) in [5, 5.41) is 11.2. The molecule has 234 valence electrons. The molecule has 1 N–H and O–H groups in total. The molecule has 0 aromatic rings. The number of ether oxygens (including phenoxy) is 4. The van der Waals surface area contributed by atoms with Crippen molar-refractivity contribution in [2.45, 2.75) is 128 Å². The van der Waals surface area contributed by atoms with Crippen LogP contribution in [0.3, 0.4) is 0 Å². The Labute approximate surface area is 244 Å². The van der Waals surface area contributed by atoms with Gasteiger partial charge in [0.1, 0.15) is 12.6 Å². The molecule has 1 rings (SSSR count). The first kappa shape index (κ1) is 36.9. The highest BCUT2D eigenvalue weighted by atomic mass is 28.4. The summed E-state index contributed by atoms with van der Waals surface area (Å²) in [6, 6.07) is 0. The summed E-state index contributed by atoms with van der Waals surface area (Å²) >= 11 is 0. The molecule has 1 saturated carbocycles. The van der Waals surface area contributed by atoms with Crippen LogP contribution in [0.5, 0.6) is 0 Å². The highest BCUT2D eigenvalue weighted by Gasteiger charge is 2.49. The summed E-state index contributed by atoms with van der Waals surface area (Å²) in [6.45, 7) is 14.3. The summed E-state index contributed by atoms with van der Waals surface area (Å²) in [5.41, 5.74) is 0.